The van der Waals surface area contributed by atoms with Gasteiger partial charge in [0.15, 0.2) is 17.2 Å². The van der Waals surface area contributed by atoms with E-state index >= 15 is 0 Å². The molecule has 34 heavy (non-hydrogen) atoms. The Morgan fingerprint density at radius 2 is 1.62 bits per heavy atom. The molecule has 178 valence electrons. The Morgan fingerprint density at radius 1 is 0.941 bits per heavy atom. The van der Waals surface area contributed by atoms with E-state index in [1.165, 1.54) is 24.4 Å². The number of halogens is 1. The number of rotatable bonds is 10. The van der Waals surface area contributed by atoms with E-state index in [1.54, 1.807) is 48.5 Å². The molecule has 10 heteroatoms. The maximum atomic E-state index is 12.6. The van der Waals surface area contributed by atoms with Gasteiger partial charge in [-0.15, -0.1) is 0 Å². The van der Waals surface area contributed by atoms with Crippen molar-refractivity contribution in [1.29, 1.82) is 0 Å². The Kier molecular flexibility index (Phi) is 8.67. The summed E-state index contributed by atoms with van der Waals surface area (Å²) in [7, 11) is -4.04. The van der Waals surface area contributed by atoms with Gasteiger partial charge >= 0.3 is 10.1 Å². The van der Waals surface area contributed by atoms with Crippen molar-refractivity contribution in [2.45, 2.75) is 18.7 Å². The fourth-order valence-electron chi connectivity index (χ4n) is 2.87. The van der Waals surface area contributed by atoms with E-state index in [0.717, 1.165) is 0 Å². The zero-order chi connectivity index (χ0) is 24.6. The Labute approximate surface area is 206 Å². The summed E-state index contributed by atoms with van der Waals surface area (Å²) in [5.74, 6) is 0.578. The first-order valence-corrected chi connectivity index (χ1v) is 12.6. The van der Waals surface area contributed by atoms with Gasteiger partial charge in [-0.2, -0.15) is 13.5 Å². The van der Waals surface area contributed by atoms with Crippen LogP contribution in [0.5, 0.6) is 17.2 Å². The first-order valence-electron chi connectivity index (χ1n) is 10.4. The van der Waals surface area contributed by atoms with Crippen LogP contribution in [0.1, 0.15) is 29.8 Å². The highest BCUT2D eigenvalue weighted by atomic mass is 79.9. The van der Waals surface area contributed by atoms with E-state index < -0.39 is 16.0 Å². The van der Waals surface area contributed by atoms with Crippen LogP contribution in [0.15, 0.2) is 81.2 Å². The molecule has 0 aliphatic heterocycles. The Balaban J connectivity index is 1.78. The van der Waals surface area contributed by atoms with Crippen LogP contribution in [0.2, 0.25) is 0 Å². The summed E-state index contributed by atoms with van der Waals surface area (Å²) in [5.41, 5.74) is 3.09. The molecule has 0 spiro atoms. The number of carbonyl (C=O) groups is 1. The number of carbonyl (C=O) groups excluding carboxylic acids is 1. The van der Waals surface area contributed by atoms with Crippen molar-refractivity contribution in [2.24, 2.45) is 5.10 Å². The fourth-order valence-corrected chi connectivity index (χ4v) is 4.22. The minimum absolute atomic E-state index is 0.0229. The number of hydrogen-bond donors (Lipinski definition) is 1. The topological polar surface area (TPSA) is 103 Å². The molecule has 0 radical (unpaired) electrons. The molecule has 0 saturated heterocycles. The van der Waals surface area contributed by atoms with Gasteiger partial charge in [0.2, 0.25) is 0 Å². The van der Waals surface area contributed by atoms with Gasteiger partial charge in [0.25, 0.3) is 5.91 Å². The summed E-state index contributed by atoms with van der Waals surface area (Å²) in [4.78, 5) is 12.6. The third-order valence-electron chi connectivity index (χ3n) is 4.38. The van der Waals surface area contributed by atoms with Crippen LogP contribution in [0, 0.1) is 0 Å². The van der Waals surface area contributed by atoms with E-state index in [2.05, 4.69) is 26.5 Å². The van der Waals surface area contributed by atoms with E-state index in [0.29, 0.717) is 40.3 Å². The van der Waals surface area contributed by atoms with Gasteiger partial charge in [-0.1, -0.05) is 34.1 Å². The van der Waals surface area contributed by atoms with Crippen LogP contribution in [-0.2, 0) is 10.1 Å². The predicted molar refractivity (Wildman–Crippen MR) is 132 cm³/mol. The van der Waals surface area contributed by atoms with E-state index in [1.807, 2.05) is 13.8 Å². The van der Waals surface area contributed by atoms with E-state index in [-0.39, 0.29) is 10.6 Å². The monoisotopic (exact) mass is 546 g/mol. The molecule has 0 saturated carbocycles. The lowest BCUT2D eigenvalue weighted by atomic mass is 10.2. The molecule has 0 aromatic heterocycles. The number of amides is 1. The molecule has 1 N–H and O–H groups in total. The van der Waals surface area contributed by atoms with Crippen LogP contribution >= 0.6 is 15.9 Å². The lowest BCUT2D eigenvalue weighted by molar-refractivity contribution is 0.0954. The van der Waals surface area contributed by atoms with Gasteiger partial charge in [0.1, 0.15) is 4.90 Å². The molecule has 0 heterocycles. The number of hydrazone groups is 1. The smallest absolute Gasteiger partial charge is 0.339 e. The lowest BCUT2D eigenvalue weighted by Crippen LogP contribution is -2.18. The first kappa shape index (κ1) is 25.3. The number of ether oxygens (including phenoxy) is 2. The second-order valence-corrected chi connectivity index (χ2v) is 9.22. The van der Waals surface area contributed by atoms with Crippen molar-refractivity contribution in [3.05, 3.63) is 82.3 Å². The van der Waals surface area contributed by atoms with Crippen molar-refractivity contribution in [2.75, 3.05) is 13.2 Å². The number of benzene rings is 3. The highest BCUT2D eigenvalue weighted by molar-refractivity contribution is 9.10. The summed E-state index contributed by atoms with van der Waals surface area (Å²) in [6.45, 7) is 4.58. The molecular weight excluding hydrogens is 524 g/mol. The molecule has 0 aliphatic carbocycles. The van der Waals surface area contributed by atoms with Gasteiger partial charge in [-0.05, 0) is 62.4 Å². The molecule has 0 atom stereocenters. The van der Waals surface area contributed by atoms with Gasteiger partial charge < -0.3 is 13.7 Å². The normalized spacial score (nSPS) is 11.3. The maximum absolute atomic E-state index is 12.6. The van der Waals surface area contributed by atoms with Gasteiger partial charge in [0.05, 0.1) is 19.4 Å². The molecule has 3 aromatic rings. The molecule has 3 rings (SSSR count). The molecular formula is C24H23BrN2O6S. The van der Waals surface area contributed by atoms with Crippen molar-refractivity contribution < 1.29 is 26.9 Å². The average molecular weight is 547 g/mol. The second-order valence-electron chi connectivity index (χ2n) is 6.76. The largest absolute Gasteiger partial charge is 0.490 e. The van der Waals surface area contributed by atoms with E-state index in [9.17, 15) is 13.2 Å². The fraction of sp³-hybridized carbons (Fsp3) is 0.167. The molecule has 8 nitrogen and oxygen atoms in total. The Hall–Kier alpha value is -3.37. The summed E-state index contributed by atoms with van der Waals surface area (Å²) < 4.78 is 42.2. The predicted octanol–water partition coefficient (Wildman–Crippen LogP) is 4.78. The first-order chi connectivity index (χ1) is 16.3. The van der Waals surface area contributed by atoms with Crippen molar-refractivity contribution in [3.63, 3.8) is 0 Å². The van der Waals surface area contributed by atoms with Gasteiger partial charge in [-0.25, -0.2) is 5.43 Å². The lowest BCUT2D eigenvalue weighted by Gasteiger charge is -2.12. The molecule has 1 amide bonds. The molecule has 0 bridgehead atoms. The molecule has 0 unspecified atom stereocenters. The van der Waals surface area contributed by atoms with Crippen molar-refractivity contribution >= 4 is 38.2 Å². The molecule has 0 aliphatic rings. The minimum Gasteiger partial charge on any atom is -0.490 e. The van der Waals surface area contributed by atoms with Crippen LogP contribution in [0.25, 0.3) is 0 Å². The summed E-state index contributed by atoms with van der Waals surface area (Å²) in [5, 5.41) is 3.96. The average Bonchev–Trinajstić information content (AvgIpc) is 2.82. The third kappa shape index (κ3) is 6.58. The molecule has 3 aromatic carbocycles. The minimum atomic E-state index is -4.04. The zero-order valence-corrected chi connectivity index (χ0v) is 20.9. The van der Waals surface area contributed by atoms with E-state index in [4.69, 9.17) is 13.7 Å². The summed E-state index contributed by atoms with van der Waals surface area (Å²) >= 11 is 3.34. The van der Waals surface area contributed by atoms with Crippen LogP contribution in [-0.4, -0.2) is 33.8 Å². The van der Waals surface area contributed by atoms with Crippen molar-refractivity contribution in [1.82, 2.24) is 5.43 Å². The second kappa shape index (κ2) is 11.7. The van der Waals surface area contributed by atoms with Crippen LogP contribution < -0.4 is 19.1 Å². The zero-order valence-electron chi connectivity index (χ0n) is 18.5. The Morgan fingerprint density at radius 3 is 2.32 bits per heavy atom. The Bertz CT molecular complexity index is 1280. The number of nitrogens with one attached hydrogen (secondary N) is 1. The van der Waals surface area contributed by atoms with Crippen LogP contribution in [0.4, 0.5) is 0 Å². The SMILES string of the molecule is CCOc1ccc(C(=O)N/N=C/c2cc(Br)ccc2OS(=O)(=O)c2ccccc2)cc1OCC. The van der Waals surface area contributed by atoms with Crippen molar-refractivity contribution in [3.8, 4) is 17.2 Å². The number of hydrogen-bond acceptors (Lipinski definition) is 7. The molecule has 0 fully saturated rings. The highest BCUT2D eigenvalue weighted by Crippen LogP contribution is 2.29. The summed E-state index contributed by atoms with van der Waals surface area (Å²) in [6, 6.07) is 17.4. The summed E-state index contributed by atoms with van der Waals surface area (Å²) in [6.07, 6.45) is 1.30. The quantitative estimate of drug-likeness (QED) is 0.223. The number of nitrogens with zero attached hydrogens (tertiary/aromatic N) is 1. The van der Waals surface area contributed by atoms with Crippen LogP contribution in [0.3, 0.4) is 0 Å². The standard InChI is InChI=1S/C24H23BrN2O6S/c1-3-31-22-12-10-17(15-23(22)32-4-2)24(28)27-26-16-18-14-19(25)11-13-21(18)33-34(29,30)20-8-6-5-7-9-20/h5-16H,3-4H2,1-2H3,(H,27,28)/b26-16+. The maximum Gasteiger partial charge on any atom is 0.339 e. The van der Waals surface area contributed by atoms with Gasteiger partial charge in [0, 0.05) is 15.6 Å². The van der Waals surface area contributed by atoms with Gasteiger partial charge in [-0.3, -0.25) is 4.79 Å². The highest BCUT2D eigenvalue weighted by Gasteiger charge is 2.18. The third-order valence-corrected chi connectivity index (χ3v) is 6.12.